The van der Waals surface area contributed by atoms with Gasteiger partial charge in [0, 0.05) is 38.0 Å². The highest BCUT2D eigenvalue weighted by atomic mass is 32.2. The highest BCUT2D eigenvalue weighted by Gasteiger charge is 2.16. The maximum atomic E-state index is 12.3. The molecule has 1 N–H and O–H groups in total. The zero-order chi connectivity index (χ0) is 19.4. The molecule has 1 aliphatic heterocycles. The lowest BCUT2D eigenvalue weighted by atomic mass is 10.00. The molecule has 0 saturated heterocycles. The standard InChI is InChI=1S/C21H26N2O3S/c1-16-8-9-18(14-20(16)27(2,25)26)21(24)22-11-5-12-23-13-10-17-6-3-4-7-19(17)15-23/h3-4,6-9,14H,5,10-13,15H2,1-2H3,(H,22,24). The average molecular weight is 387 g/mol. The van der Waals surface area contributed by atoms with E-state index in [0.717, 1.165) is 38.7 Å². The van der Waals surface area contributed by atoms with Crippen LogP contribution >= 0.6 is 0 Å². The van der Waals surface area contributed by atoms with Crippen LogP contribution in [0.3, 0.4) is 0 Å². The molecule has 0 aromatic heterocycles. The molecular formula is C21H26N2O3S. The topological polar surface area (TPSA) is 66.5 Å². The Morgan fingerprint density at radius 1 is 1.15 bits per heavy atom. The van der Waals surface area contributed by atoms with Crippen LogP contribution in [0, 0.1) is 6.92 Å². The van der Waals surface area contributed by atoms with Crippen LogP contribution in [0.15, 0.2) is 47.4 Å². The molecule has 3 rings (SSSR count). The van der Waals surface area contributed by atoms with Crippen molar-refractivity contribution < 1.29 is 13.2 Å². The molecular weight excluding hydrogens is 360 g/mol. The van der Waals surface area contributed by atoms with Crippen molar-refractivity contribution in [2.75, 3.05) is 25.9 Å². The van der Waals surface area contributed by atoms with Gasteiger partial charge in [-0.15, -0.1) is 0 Å². The first-order chi connectivity index (χ1) is 12.8. The molecule has 1 amide bonds. The van der Waals surface area contributed by atoms with E-state index in [-0.39, 0.29) is 10.8 Å². The SMILES string of the molecule is Cc1ccc(C(=O)NCCCN2CCc3ccccc3C2)cc1S(C)(=O)=O. The lowest BCUT2D eigenvalue weighted by Crippen LogP contribution is -2.33. The third kappa shape index (κ3) is 4.96. The Labute approximate surface area is 161 Å². The van der Waals surface area contributed by atoms with Crippen molar-refractivity contribution in [1.82, 2.24) is 10.2 Å². The highest BCUT2D eigenvalue weighted by molar-refractivity contribution is 7.90. The van der Waals surface area contributed by atoms with Crippen LogP contribution in [0.25, 0.3) is 0 Å². The Balaban J connectivity index is 1.49. The van der Waals surface area contributed by atoms with Gasteiger partial charge in [0.25, 0.3) is 5.91 Å². The molecule has 5 nitrogen and oxygen atoms in total. The van der Waals surface area contributed by atoms with Gasteiger partial charge >= 0.3 is 0 Å². The molecule has 1 heterocycles. The predicted octanol–water partition coefficient (Wildman–Crippen LogP) is 2.58. The van der Waals surface area contributed by atoms with Gasteiger partial charge in [-0.05, 0) is 48.6 Å². The van der Waals surface area contributed by atoms with E-state index in [4.69, 9.17) is 0 Å². The number of hydrogen-bond donors (Lipinski definition) is 1. The Hall–Kier alpha value is -2.18. The van der Waals surface area contributed by atoms with Gasteiger partial charge in [-0.2, -0.15) is 0 Å². The Morgan fingerprint density at radius 2 is 1.89 bits per heavy atom. The molecule has 1 aliphatic rings. The van der Waals surface area contributed by atoms with Gasteiger partial charge in [-0.3, -0.25) is 9.69 Å². The second-order valence-corrected chi connectivity index (χ2v) is 9.14. The molecule has 0 radical (unpaired) electrons. The highest BCUT2D eigenvalue weighted by Crippen LogP contribution is 2.19. The molecule has 0 spiro atoms. The first-order valence-electron chi connectivity index (χ1n) is 9.22. The second kappa shape index (κ2) is 8.23. The van der Waals surface area contributed by atoms with Gasteiger partial charge in [0.15, 0.2) is 9.84 Å². The minimum Gasteiger partial charge on any atom is -0.352 e. The number of carbonyl (C=O) groups excluding carboxylic acids is 1. The molecule has 0 saturated carbocycles. The Bertz CT molecular complexity index is 938. The molecule has 0 fully saturated rings. The smallest absolute Gasteiger partial charge is 0.251 e. The zero-order valence-corrected chi connectivity index (χ0v) is 16.7. The van der Waals surface area contributed by atoms with Crippen LogP contribution in [-0.2, 0) is 22.8 Å². The van der Waals surface area contributed by atoms with E-state index < -0.39 is 9.84 Å². The van der Waals surface area contributed by atoms with Crippen LogP contribution < -0.4 is 5.32 Å². The molecule has 0 unspecified atom stereocenters. The van der Waals surface area contributed by atoms with Crippen molar-refractivity contribution in [2.24, 2.45) is 0 Å². The maximum Gasteiger partial charge on any atom is 0.251 e. The molecule has 6 heteroatoms. The fourth-order valence-electron chi connectivity index (χ4n) is 3.49. The first kappa shape index (κ1) is 19.6. The van der Waals surface area contributed by atoms with Crippen molar-refractivity contribution in [3.05, 3.63) is 64.7 Å². The number of rotatable bonds is 6. The van der Waals surface area contributed by atoms with Gasteiger partial charge in [-0.25, -0.2) is 8.42 Å². The molecule has 0 aliphatic carbocycles. The van der Waals surface area contributed by atoms with Crippen LogP contribution in [-0.4, -0.2) is 45.1 Å². The molecule has 2 aromatic carbocycles. The number of carbonyl (C=O) groups is 1. The van der Waals surface area contributed by atoms with Crippen molar-refractivity contribution >= 4 is 15.7 Å². The molecule has 144 valence electrons. The molecule has 0 atom stereocenters. The fourth-order valence-corrected chi connectivity index (χ4v) is 4.49. The number of aryl methyl sites for hydroxylation is 1. The van der Waals surface area contributed by atoms with Crippen molar-refractivity contribution in [2.45, 2.75) is 31.2 Å². The van der Waals surface area contributed by atoms with Crippen molar-refractivity contribution in [3.63, 3.8) is 0 Å². The maximum absolute atomic E-state index is 12.3. The van der Waals surface area contributed by atoms with Gasteiger partial charge in [0.2, 0.25) is 0 Å². The summed E-state index contributed by atoms with van der Waals surface area (Å²) in [5.74, 6) is -0.233. The van der Waals surface area contributed by atoms with E-state index in [1.54, 1.807) is 19.1 Å². The quantitative estimate of drug-likeness (QED) is 0.775. The van der Waals surface area contributed by atoms with Gasteiger partial charge in [-0.1, -0.05) is 30.3 Å². The zero-order valence-electron chi connectivity index (χ0n) is 15.9. The summed E-state index contributed by atoms with van der Waals surface area (Å²) in [6, 6.07) is 13.3. The number of nitrogens with zero attached hydrogens (tertiary/aromatic N) is 1. The monoisotopic (exact) mass is 386 g/mol. The van der Waals surface area contributed by atoms with E-state index in [1.807, 2.05) is 0 Å². The Kier molecular flexibility index (Phi) is 5.97. The van der Waals surface area contributed by atoms with Crippen LogP contribution in [0.5, 0.6) is 0 Å². The number of sulfone groups is 1. The van der Waals surface area contributed by atoms with E-state index in [1.165, 1.54) is 17.2 Å². The third-order valence-corrected chi connectivity index (χ3v) is 6.23. The molecule has 0 bridgehead atoms. The summed E-state index contributed by atoms with van der Waals surface area (Å²) in [5.41, 5.74) is 3.86. The van der Waals surface area contributed by atoms with Gasteiger partial charge in [0.05, 0.1) is 4.90 Å². The summed E-state index contributed by atoms with van der Waals surface area (Å²) in [6.45, 7) is 5.23. The number of nitrogens with one attached hydrogen (secondary N) is 1. The minimum atomic E-state index is -3.34. The summed E-state index contributed by atoms with van der Waals surface area (Å²) in [6.07, 6.45) is 3.09. The van der Waals surface area contributed by atoms with Crippen molar-refractivity contribution in [3.8, 4) is 0 Å². The van der Waals surface area contributed by atoms with Crippen molar-refractivity contribution in [1.29, 1.82) is 0 Å². The lowest BCUT2D eigenvalue weighted by Gasteiger charge is -2.28. The predicted molar refractivity (Wildman–Crippen MR) is 107 cm³/mol. The minimum absolute atomic E-state index is 0.210. The molecule has 27 heavy (non-hydrogen) atoms. The van der Waals surface area contributed by atoms with Crippen LogP contribution in [0.4, 0.5) is 0 Å². The van der Waals surface area contributed by atoms with Crippen LogP contribution in [0.1, 0.15) is 33.5 Å². The van der Waals surface area contributed by atoms with E-state index in [9.17, 15) is 13.2 Å². The number of benzene rings is 2. The van der Waals surface area contributed by atoms with E-state index in [0.29, 0.717) is 17.7 Å². The number of fused-ring (bicyclic) bond motifs is 1. The summed E-state index contributed by atoms with van der Waals surface area (Å²) < 4.78 is 23.6. The lowest BCUT2D eigenvalue weighted by molar-refractivity contribution is 0.0951. The molecule has 2 aromatic rings. The van der Waals surface area contributed by atoms with E-state index >= 15 is 0 Å². The Morgan fingerprint density at radius 3 is 2.63 bits per heavy atom. The third-order valence-electron chi connectivity index (χ3n) is 5.00. The normalized spacial score (nSPS) is 14.6. The average Bonchev–Trinajstić information content (AvgIpc) is 2.64. The van der Waals surface area contributed by atoms with Crippen LogP contribution in [0.2, 0.25) is 0 Å². The second-order valence-electron chi connectivity index (χ2n) is 7.16. The number of amides is 1. The summed E-state index contributed by atoms with van der Waals surface area (Å²) in [4.78, 5) is 14.9. The summed E-state index contributed by atoms with van der Waals surface area (Å²) >= 11 is 0. The fraction of sp³-hybridized carbons (Fsp3) is 0.381. The number of hydrogen-bond acceptors (Lipinski definition) is 4. The van der Waals surface area contributed by atoms with Gasteiger partial charge in [0.1, 0.15) is 0 Å². The summed E-state index contributed by atoms with van der Waals surface area (Å²) in [5, 5.41) is 2.90. The summed E-state index contributed by atoms with van der Waals surface area (Å²) in [7, 11) is -3.34. The van der Waals surface area contributed by atoms with E-state index in [2.05, 4.69) is 34.5 Å². The first-order valence-corrected chi connectivity index (χ1v) is 11.1. The largest absolute Gasteiger partial charge is 0.352 e. The van der Waals surface area contributed by atoms with Gasteiger partial charge < -0.3 is 5.32 Å².